The highest BCUT2D eigenvalue weighted by molar-refractivity contribution is 7.71. The summed E-state index contributed by atoms with van der Waals surface area (Å²) in [5.41, 5.74) is -0.222. The topological polar surface area (TPSA) is 70.4 Å². The fraction of sp³-hybridized carbons (Fsp3) is 0.545. The fourth-order valence-electron chi connectivity index (χ4n) is 1.98. The Hall–Kier alpha value is -1.43. The Balaban J connectivity index is 2.35. The van der Waals surface area contributed by atoms with E-state index in [1.165, 1.54) is 23.6 Å². The lowest BCUT2D eigenvalue weighted by molar-refractivity contribution is 0.420. The molecule has 5 nitrogen and oxygen atoms in total. The van der Waals surface area contributed by atoms with Crippen LogP contribution in [0.5, 0.6) is 5.88 Å². The molecule has 2 N–H and O–H groups in total. The summed E-state index contributed by atoms with van der Waals surface area (Å²) in [4.78, 5) is 18.5. The summed E-state index contributed by atoms with van der Waals surface area (Å²) >= 11 is 4.88. The minimum atomic E-state index is -0.396. The number of aromatic hydroxyl groups is 1. The summed E-state index contributed by atoms with van der Waals surface area (Å²) in [5, 5.41) is 9.82. The van der Waals surface area contributed by atoms with E-state index in [2.05, 4.69) is 9.98 Å². The monoisotopic (exact) mass is 253 g/mol. The Morgan fingerprint density at radius 3 is 2.82 bits per heavy atom. The summed E-state index contributed by atoms with van der Waals surface area (Å²) in [5.74, 6) is -0.138. The maximum Gasteiger partial charge on any atom is 0.264 e. The van der Waals surface area contributed by atoms with Gasteiger partial charge in [0.2, 0.25) is 5.88 Å². The van der Waals surface area contributed by atoms with Crippen LogP contribution in [0.25, 0.3) is 0 Å². The van der Waals surface area contributed by atoms with E-state index in [1.54, 1.807) is 7.05 Å². The van der Waals surface area contributed by atoms with Crippen LogP contribution in [-0.4, -0.2) is 26.9 Å². The predicted octanol–water partition coefficient (Wildman–Crippen LogP) is 1.51. The molecule has 1 saturated carbocycles. The zero-order valence-corrected chi connectivity index (χ0v) is 10.5. The van der Waals surface area contributed by atoms with Crippen molar-refractivity contribution in [3.63, 3.8) is 0 Å². The van der Waals surface area contributed by atoms with Crippen LogP contribution in [0.1, 0.15) is 31.2 Å². The molecule has 1 aliphatic rings. The highest BCUT2D eigenvalue weighted by Gasteiger charge is 2.14. The molecule has 1 heterocycles. The van der Waals surface area contributed by atoms with Gasteiger partial charge in [0, 0.05) is 19.3 Å². The molecule has 1 fully saturated rings. The lowest BCUT2D eigenvalue weighted by Gasteiger charge is -2.05. The van der Waals surface area contributed by atoms with E-state index in [4.69, 9.17) is 12.2 Å². The number of nitrogens with zero attached hydrogens (tertiary/aromatic N) is 2. The number of aliphatic imine (C=N–C) groups is 1. The van der Waals surface area contributed by atoms with Crippen molar-refractivity contribution in [3.05, 3.63) is 20.7 Å². The van der Waals surface area contributed by atoms with E-state index in [0.717, 1.165) is 12.8 Å². The molecular weight excluding hydrogens is 238 g/mol. The van der Waals surface area contributed by atoms with Crippen LogP contribution in [0.3, 0.4) is 0 Å². The van der Waals surface area contributed by atoms with E-state index < -0.39 is 5.56 Å². The summed E-state index contributed by atoms with van der Waals surface area (Å²) in [7, 11) is 1.60. The largest absolute Gasteiger partial charge is 0.494 e. The molecular formula is C11H15N3O2S. The van der Waals surface area contributed by atoms with Crippen molar-refractivity contribution in [3.8, 4) is 5.88 Å². The highest BCUT2D eigenvalue weighted by atomic mass is 32.1. The van der Waals surface area contributed by atoms with Crippen molar-refractivity contribution in [1.29, 1.82) is 0 Å². The molecule has 0 aromatic carbocycles. The quantitative estimate of drug-likeness (QED) is 0.620. The second kappa shape index (κ2) is 4.83. The molecule has 0 spiro atoms. The smallest absolute Gasteiger partial charge is 0.264 e. The van der Waals surface area contributed by atoms with Crippen molar-refractivity contribution >= 4 is 18.4 Å². The van der Waals surface area contributed by atoms with Crippen LogP contribution in [-0.2, 0) is 7.05 Å². The number of rotatable bonds is 2. The molecule has 6 heteroatoms. The van der Waals surface area contributed by atoms with E-state index >= 15 is 0 Å². The Kier molecular flexibility index (Phi) is 3.42. The third-order valence-corrected chi connectivity index (χ3v) is 3.44. The van der Waals surface area contributed by atoms with Crippen molar-refractivity contribution in [2.75, 3.05) is 0 Å². The zero-order chi connectivity index (χ0) is 12.4. The minimum absolute atomic E-state index is 0.138. The van der Waals surface area contributed by atoms with Crippen LogP contribution >= 0.6 is 12.2 Å². The first-order chi connectivity index (χ1) is 8.09. The van der Waals surface area contributed by atoms with Gasteiger partial charge >= 0.3 is 0 Å². The first-order valence-corrected chi connectivity index (χ1v) is 6.06. The number of aromatic amines is 1. The summed E-state index contributed by atoms with van der Waals surface area (Å²) in [6, 6.07) is 0.280. The third kappa shape index (κ3) is 2.46. The molecule has 17 heavy (non-hydrogen) atoms. The van der Waals surface area contributed by atoms with E-state index in [-0.39, 0.29) is 22.3 Å². The summed E-state index contributed by atoms with van der Waals surface area (Å²) < 4.78 is 1.55. The minimum Gasteiger partial charge on any atom is -0.494 e. The van der Waals surface area contributed by atoms with Crippen LogP contribution in [0.15, 0.2) is 9.79 Å². The molecule has 0 unspecified atom stereocenters. The molecule has 0 bridgehead atoms. The second-order valence-electron chi connectivity index (χ2n) is 4.27. The van der Waals surface area contributed by atoms with Gasteiger partial charge in [-0.15, -0.1) is 0 Å². The van der Waals surface area contributed by atoms with E-state index in [9.17, 15) is 9.90 Å². The lowest BCUT2D eigenvalue weighted by Crippen LogP contribution is -2.17. The first-order valence-electron chi connectivity index (χ1n) is 5.65. The maximum absolute atomic E-state index is 11.6. The number of hydrogen-bond acceptors (Lipinski definition) is 4. The zero-order valence-electron chi connectivity index (χ0n) is 9.64. The van der Waals surface area contributed by atoms with Gasteiger partial charge in [-0.25, -0.2) is 0 Å². The SMILES string of the molecule is Cn1c(O)c(C=NC2CCCC2)c(=O)[nH]c1=S. The average Bonchev–Trinajstić information content (AvgIpc) is 2.79. The van der Waals surface area contributed by atoms with Crippen molar-refractivity contribution in [2.24, 2.45) is 12.0 Å². The van der Waals surface area contributed by atoms with Gasteiger partial charge in [-0.2, -0.15) is 0 Å². The fourth-order valence-corrected chi connectivity index (χ4v) is 2.16. The molecule has 0 amide bonds. The number of hydrogen-bond donors (Lipinski definition) is 2. The van der Waals surface area contributed by atoms with Gasteiger partial charge in [0.05, 0.1) is 0 Å². The van der Waals surface area contributed by atoms with Gasteiger partial charge in [-0.05, 0) is 25.1 Å². The van der Waals surface area contributed by atoms with Crippen molar-refractivity contribution in [1.82, 2.24) is 9.55 Å². The van der Waals surface area contributed by atoms with Crippen LogP contribution in [0, 0.1) is 4.77 Å². The highest BCUT2D eigenvalue weighted by Crippen LogP contribution is 2.21. The van der Waals surface area contributed by atoms with E-state index in [1.807, 2.05) is 0 Å². The van der Waals surface area contributed by atoms with Crippen molar-refractivity contribution < 1.29 is 5.11 Å². The predicted molar refractivity (Wildman–Crippen MR) is 68.4 cm³/mol. The summed E-state index contributed by atoms with van der Waals surface area (Å²) in [6.45, 7) is 0. The number of nitrogens with one attached hydrogen (secondary N) is 1. The Morgan fingerprint density at radius 1 is 1.53 bits per heavy atom. The average molecular weight is 253 g/mol. The van der Waals surface area contributed by atoms with Gasteiger partial charge in [-0.1, -0.05) is 12.8 Å². The van der Waals surface area contributed by atoms with Crippen molar-refractivity contribution in [2.45, 2.75) is 31.7 Å². The number of aromatic nitrogens is 2. The molecule has 1 aliphatic carbocycles. The van der Waals surface area contributed by atoms with Gasteiger partial charge in [0.15, 0.2) is 4.77 Å². The van der Waals surface area contributed by atoms with E-state index in [0.29, 0.717) is 0 Å². The van der Waals surface area contributed by atoms with Crippen LogP contribution in [0.2, 0.25) is 0 Å². The molecule has 0 radical (unpaired) electrons. The van der Waals surface area contributed by atoms with Gasteiger partial charge in [0.1, 0.15) is 5.56 Å². The Bertz CT molecular complexity index is 553. The molecule has 1 aromatic rings. The standard InChI is InChI=1S/C11H15N3O2S/c1-14-10(16)8(9(15)13-11(14)17)6-12-7-4-2-3-5-7/h6-7,16H,2-5H2,1H3,(H,13,15,17). The maximum atomic E-state index is 11.6. The molecule has 0 atom stereocenters. The Morgan fingerprint density at radius 2 is 2.18 bits per heavy atom. The van der Waals surface area contributed by atoms with Crippen LogP contribution < -0.4 is 5.56 Å². The molecule has 1 aromatic heterocycles. The summed E-state index contributed by atoms with van der Waals surface area (Å²) in [6.07, 6.45) is 5.94. The first kappa shape index (κ1) is 12.0. The van der Waals surface area contributed by atoms with Gasteiger partial charge < -0.3 is 5.11 Å². The normalized spacial score (nSPS) is 17.0. The molecule has 2 rings (SSSR count). The number of H-pyrrole nitrogens is 1. The third-order valence-electron chi connectivity index (χ3n) is 3.07. The van der Waals surface area contributed by atoms with Crippen LogP contribution in [0.4, 0.5) is 0 Å². The van der Waals surface area contributed by atoms with Gasteiger partial charge in [0.25, 0.3) is 5.56 Å². The lowest BCUT2D eigenvalue weighted by atomic mass is 10.2. The Labute approximate surface area is 104 Å². The van der Waals surface area contributed by atoms with Gasteiger partial charge in [-0.3, -0.25) is 19.3 Å². The second-order valence-corrected chi connectivity index (χ2v) is 4.66. The molecule has 0 aliphatic heterocycles. The molecule has 92 valence electrons. The molecule has 0 saturated heterocycles.